The van der Waals surface area contributed by atoms with Crippen LogP contribution in [0.15, 0.2) is 18.2 Å². The van der Waals surface area contributed by atoms with Crippen LogP contribution >= 0.6 is 0 Å². The lowest BCUT2D eigenvalue weighted by Gasteiger charge is -2.26. The largest absolute Gasteiger partial charge is 0.497 e. The number of ether oxygens (including phenoxy) is 1. The van der Waals surface area contributed by atoms with Gasteiger partial charge in [-0.05, 0) is 30.5 Å². The highest BCUT2D eigenvalue weighted by atomic mass is 19.1. The van der Waals surface area contributed by atoms with Crippen LogP contribution in [-0.4, -0.2) is 30.4 Å². The van der Waals surface area contributed by atoms with Crippen molar-refractivity contribution in [2.75, 3.05) is 13.7 Å². The fraction of sp³-hybridized carbons (Fsp3) is 0.588. The molecule has 2 rings (SSSR count). The molecule has 0 atom stereocenters. The summed E-state index contributed by atoms with van der Waals surface area (Å²) in [5, 5.41) is 15.9. The molecule has 1 saturated carbocycles. The van der Waals surface area contributed by atoms with Gasteiger partial charge in [0.05, 0.1) is 12.7 Å². The number of nitrogens with one attached hydrogen (secondary N) is 2. The molecule has 2 amide bonds. The first-order chi connectivity index (χ1) is 11.0. The molecule has 1 fully saturated rings. The van der Waals surface area contributed by atoms with E-state index in [4.69, 9.17) is 4.74 Å². The molecule has 0 bridgehead atoms. The first-order valence-corrected chi connectivity index (χ1v) is 8.08. The highest BCUT2D eigenvalue weighted by molar-refractivity contribution is 5.73. The molecule has 0 radical (unpaired) electrons. The monoisotopic (exact) mass is 324 g/mol. The summed E-state index contributed by atoms with van der Waals surface area (Å²) < 4.78 is 18.4. The molecule has 1 aliphatic rings. The quantitative estimate of drug-likeness (QED) is 0.729. The average molecular weight is 324 g/mol. The van der Waals surface area contributed by atoms with E-state index in [0.29, 0.717) is 24.2 Å². The standard InChI is InChI=1S/C17H25FN2O3/c1-23-15-9-13(8-14(18)10-15)11-19-16(21)20-12-17(22)6-4-2-3-5-7-17/h8-10,22H,2-7,11-12H2,1H3,(H2,19,20,21). The maximum absolute atomic E-state index is 13.4. The van der Waals surface area contributed by atoms with E-state index in [9.17, 15) is 14.3 Å². The van der Waals surface area contributed by atoms with E-state index < -0.39 is 11.4 Å². The Morgan fingerprint density at radius 3 is 2.57 bits per heavy atom. The van der Waals surface area contributed by atoms with E-state index >= 15 is 0 Å². The number of carbonyl (C=O) groups is 1. The summed E-state index contributed by atoms with van der Waals surface area (Å²) in [6.07, 6.45) is 5.68. The first-order valence-electron chi connectivity index (χ1n) is 8.08. The van der Waals surface area contributed by atoms with Crippen molar-refractivity contribution < 1.29 is 19.0 Å². The Morgan fingerprint density at radius 1 is 1.22 bits per heavy atom. The molecular weight excluding hydrogens is 299 g/mol. The van der Waals surface area contributed by atoms with Crippen LogP contribution < -0.4 is 15.4 Å². The van der Waals surface area contributed by atoms with Crippen molar-refractivity contribution in [2.24, 2.45) is 0 Å². The van der Waals surface area contributed by atoms with Gasteiger partial charge >= 0.3 is 6.03 Å². The Balaban J connectivity index is 1.79. The van der Waals surface area contributed by atoms with Crippen molar-refractivity contribution in [1.29, 1.82) is 0 Å². The van der Waals surface area contributed by atoms with Gasteiger partial charge in [-0.1, -0.05) is 25.7 Å². The van der Waals surface area contributed by atoms with E-state index in [1.165, 1.54) is 19.2 Å². The third-order valence-electron chi connectivity index (χ3n) is 4.23. The number of methoxy groups -OCH3 is 1. The maximum Gasteiger partial charge on any atom is 0.315 e. The number of rotatable bonds is 5. The molecule has 128 valence electrons. The van der Waals surface area contributed by atoms with Crippen LogP contribution in [0.1, 0.15) is 44.1 Å². The van der Waals surface area contributed by atoms with E-state index in [2.05, 4.69) is 10.6 Å². The van der Waals surface area contributed by atoms with Gasteiger partial charge in [0.1, 0.15) is 11.6 Å². The Kier molecular flexibility index (Phi) is 6.21. The zero-order chi connectivity index (χ0) is 16.7. The van der Waals surface area contributed by atoms with Gasteiger partial charge in [-0.25, -0.2) is 9.18 Å². The Bertz CT molecular complexity index is 529. The number of hydrogen-bond acceptors (Lipinski definition) is 3. The molecule has 0 unspecified atom stereocenters. The third-order valence-corrected chi connectivity index (χ3v) is 4.23. The van der Waals surface area contributed by atoms with Gasteiger partial charge in [-0.3, -0.25) is 0 Å². The van der Waals surface area contributed by atoms with Gasteiger partial charge in [-0.15, -0.1) is 0 Å². The molecule has 1 aromatic carbocycles. The highest BCUT2D eigenvalue weighted by Crippen LogP contribution is 2.26. The lowest BCUT2D eigenvalue weighted by atomic mass is 9.95. The van der Waals surface area contributed by atoms with Crippen molar-refractivity contribution in [3.8, 4) is 5.75 Å². The SMILES string of the molecule is COc1cc(F)cc(CNC(=O)NCC2(O)CCCCCC2)c1. The number of benzene rings is 1. The highest BCUT2D eigenvalue weighted by Gasteiger charge is 2.28. The van der Waals surface area contributed by atoms with E-state index in [1.54, 1.807) is 6.07 Å². The number of aliphatic hydroxyl groups is 1. The number of hydrogen-bond donors (Lipinski definition) is 3. The van der Waals surface area contributed by atoms with Gasteiger partial charge in [0.15, 0.2) is 0 Å². The second kappa shape index (κ2) is 8.15. The Morgan fingerprint density at radius 2 is 1.91 bits per heavy atom. The molecule has 23 heavy (non-hydrogen) atoms. The molecule has 1 aromatic rings. The van der Waals surface area contributed by atoms with E-state index in [-0.39, 0.29) is 19.1 Å². The van der Waals surface area contributed by atoms with Gasteiger partial charge in [-0.2, -0.15) is 0 Å². The number of carbonyl (C=O) groups excluding carboxylic acids is 1. The van der Waals surface area contributed by atoms with Gasteiger partial charge in [0.2, 0.25) is 0 Å². The summed E-state index contributed by atoms with van der Waals surface area (Å²) in [7, 11) is 1.46. The van der Waals surface area contributed by atoms with Gasteiger partial charge in [0.25, 0.3) is 0 Å². The zero-order valence-electron chi connectivity index (χ0n) is 13.5. The van der Waals surface area contributed by atoms with Crippen LogP contribution in [0.2, 0.25) is 0 Å². The summed E-state index contributed by atoms with van der Waals surface area (Å²) in [5.74, 6) is 0.00398. The van der Waals surface area contributed by atoms with Crippen LogP contribution in [0.25, 0.3) is 0 Å². The van der Waals surface area contributed by atoms with Gasteiger partial charge < -0.3 is 20.5 Å². The summed E-state index contributed by atoms with van der Waals surface area (Å²) in [6, 6.07) is 3.93. The minimum atomic E-state index is -0.810. The fourth-order valence-electron chi connectivity index (χ4n) is 2.89. The maximum atomic E-state index is 13.4. The normalized spacial score (nSPS) is 17.2. The average Bonchev–Trinajstić information content (AvgIpc) is 2.75. The second-order valence-electron chi connectivity index (χ2n) is 6.17. The molecule has 1 aliphatic carbocycles. The zero-order valence-corrected chi connectivity index (χ0v) is 13.5. The topological polar surface area (TPSA) is 70.6 Å². The summed E-state index contributed by atoms with van der Waals surface area (Å²) >= 11 is 0. The molecule has 3 N–H and O–H groups in total. The van der Waals surface area contributed by atoms with Gasteiger partial charge in [0, 0.05) is 19.2 Å². The minimum absolute atomic E-state index is 0.193. The van der Waals surface area contributed by atoms with Crippen molar-refractivity contribution in [3.63, 3.8) is 0 Å². The third kappa shape index (κ3) is 5.71. The van der Waals surface area contributed by atoms with E-state index in [1.807, 2.05) is 0 Å². The van der Waals surface area contributed by atoms with Crippen LogP contribution in [0.4, 0.5) is 9.18 Å². The number of urea groups is 1. The van der Waals surface area contributed by atoms with Crippen molar-refractivity contribution in [3.05, 3.63) is 29.6 Å². The van der Waals surface area contributed by atoms with Crippen molar-refractivity contribution in [1.82, 2.24) is 10.6 Å². The minimum Gasteiger partial charge on any atom is -0.497 e. The fourth-order valence-corrected chi connectivity index (χ4v) is 2.89. The molecular formula is C17H25FN2O3. The summed E-state index contributed by atoms with van der Waals surface area (Å²) in [4.78, 5) is 11.9. The molecule has 0 aliphatic heterocycles. The summed E-state index contributed by atoms with van der Waals surface area (Å²) in [6.45, 7) is 0.434. The smallest absolute Gasteiger partial charge is 0.315 e. The molecule has 0 spiro atoms. The van der Waals surface area contributed by atoms with E-state index in [0.717, 1.165) is 25.7 Å². The van der Waals surface area contributed by atoms with Crippen LogP contribution in [0.3, 0.4) is 0 Å². The predicted octanol–water partition coefficient (Wildman–Crippen LogP) is 2.72. The second-order valence-corrected chi connectivity index (χ2v) is 6.17. The summed E-state index contributed by atoms with van der Waals surface area (Å²) in [5.41, 5.74) is -0.194. The first kappa shape index (κ1) is 17.5. The molecule has 6 heteroatoms. The number of halogens is 1. The molecule has 5 nitrogen and oxygen atoms in total. The lowest BCUT2D eigenvalue weighted by molar-refractivity contribution is 0.0277. The van der Waals surface area contributed by atoms with Crippen LogP contribution in [0.5, 0.6) is 5.75 Å². The lowest BCUT2D eigenvalue weighted by Crippen LogP contribution is -2.46. The Hall–Kier alpha value is -1.82. The van der Waals surface area contributed by atoms with Crippen molar-refractivity contribution >= 4 is 6.03 Å². The molecule has 0 heterocycles. The van der Waals surface area contributed by atoms with Crippen molar-refractivity contribution in [2.45, 2.75) is 50.7 Å². The van der Waals surface area contributed by atoms with Crippen LogP contribution in [0, 0.1) is 5.82 Å². The Labute approximate surface area is 136 Å². The molecule has 0 saturated heterocycles. The number of amides is 2. The van der Waals surface area contributed by atoms with Crippen LogP contribution in [-0.2, 0) is 6.54 Å². The molecule has 0 aromatic heterocycles. The predicted molar refractivity (Wildman–Crippen MR) is 85.8 cm³/mol.